The molecule has 2 saturated carbocycles. The van der Waals surface area contributed by atoms with E-state index < -0.39 is 0 Å². The summed E-state index contributed by atoms with van der Waals surface area (Å²) in [4.78, 5) is 0. The van der Waals surface area contributed by atoms with Gasteiger partial charge in [-0.05, 0) is 48.9 Å². The van der Waals surface area contributed by atoms with Crippen LogP contribution in [0.1, 0.15) is 104 Å². The molecule has 0 aromatic heterocycles. The lowest BCUT2D eigenvalue weighted by Gasteiger charge is -2.53. The molecule has 2 heteroatoms. The van der Waals surface area contributed by atoms with Crippen LogP contribution in [0.5, 0.6) is 0 Å². The van der Waals surface area contributed by atoms with Crippen molar-refractivity contribution in [1.82, 2.24) is 0 Å². The summed E-state index contributed by atoms with van der Waals surface area (Å²) in [5.74, 6) is 0.955. The highest BCUT2D eigenvalue weighted by molar-refractivity contribution is 6.40. The van der Waals surface area contributed by atoms with Gasteiger partial charge in [0.05, 0.1) is 0 Å². The van der Waals surface area contributed by atoms with Crippen molar-refractivity contribution in [2.75, 3.05) is 0 Å². The van der Waals surface area contributed by atoms with Crippen molar-refractivity contribution in [2.45, 2.75) is 109 Å². The zero-order valence-electron chi connectivity index (χ0n) is 16.3. The van der Waals surface area contributed by atoms with Crippen molar-refractivity contribution in [3.05, 3.63) is 0 Å². The lowest BCUT2D eigenvalue weighted by Crippen LogP contribution is -2.42. The van der Waals surface area contributed by atoms with E-state index in [-0.39, 0.29) is 0 Å². The quantitative estimate of drug-likeness (QED) is 0.472. The standard InChI is InChI=1S/C20H40B2/c1-4-5-7-12-18(2,3)20(21,22)17-10-15-19(16-11-17)13-8-6-9-14-19/h17H,4-16,21-22H2,1-3H3. The smallest absolute Gasteiger partial charge is 0.0769 e. The topological polar surface area (TPSA) is 0 Å². The second-order valence-electron chi connectivity index (χ2n) is 9.90. The monoisotopic (exact) mass is 302 g/mol. The molecule has 0 aliphatic heterocycles. The second kappa shape index (κ2) is 7.35. The summed E-state index contributed by atoms with van der Waals surface area (Å²) in [7, 11) is 5.17. The molecule has 0 bridgehead atoms. The Morgan fingerprint density at radius 3 is 2.05 bits per heavy atom. The van der Waals surface area contributed by atoms with E-state index in [9.17, 15) is 0 Å². The molecule has 2 fully saturated rings. The van der Waals surface area contributed by atoms with Gasteiger partial charge in [-0.15, -0.1) is 0 Å². The number of rotatable bonds is 6. The minimum atomic E-state index is 0.490. The van der Waals surface area contributed by atoms with E-state index in [1.165, 1.54) is 70.6 Å². The highest BCUT2D eigenvalue weighted by Gasteiger charge is 2.46. The first kappa shape index (κ1) is 18.5. The van der Waals surface area contributed by atoms with E-state index in [0.29, 0.717) is 10.6 Å². The molecule has 0 nitrogen and oxygen atoms in total. The van der Waals surface area contributed by atoms with Gasteiger partial charge < -0.3 is 0 Å². The van der Waals surface area contributed by atoms with Crippen LogP contribution in [0.25, 0.3) is 0 Å². The van der Waals surface area contributed by atoms with Gasteiger partial charge in [-0.2, -0.15) is 0 Å². The average molecular weight is 302 g/mol. The third-order valence-electron chi connectivity index (χ3n) is 8.13. The predicted molar refractivity (Wildman–Crippen MR) is 105 cm³/mol. The molecule has 0 aromatic carbocycles. The molecule has 0 atom stereocenters. The van der Waals surface area contributed by atoms with Gasteiger partial charge in [0.1, 0.15) is 15.7 Å². The van der Waals surface area contributed by atoms with E-state index in [4.69, 9.17) is 0 Å². The molecule has 2 aliphatic rings. The third-order valence-corrected chi connectivity index (χ3v) is 8.13. The van der Waals surface area contributed by atoms with Gasteiger partial charge >= 0.3 is 0 Å². The molecule has 126 valence electrons. The van der Waals surface area contributed by atoms with Crippen molar-refractivity contribution in [3.63, 3.8) is 0 Å². The Morgan fingerprint density at radius 1 is 0.909 bits per heavy atom. The van der Waals surface area contributed by atoms with Crippen LogP contribution in [0.3, 0.4) is 0 Å². The normalized spacial score (nSPS) is 23.8. The zero-order valence-corrected chi connectivity index (χ0v) is 16.3. The molecular formula is C20H40B2. The third kappa shape index (κ3) is 3.96. The zero-order chi connectivity index (χ0) is 16.3. The Labute approximate surface area is 142 Å². The lowest BCUT2D eigenvalue weighted by atomic mass is 9.35. The fraction of sp³-hybridized carbons (Fsp3) is 1.00. The second-order valence-corrected chi connectivity index (χ2v) is 9.90. The maximum Gasteiger partial charge on any atom is 0.100 e. The molecule has 0 aromatic rings. The van der Waals surface area contributed by atoms with Crippen LogP contribution in [0.2, 0.25) is 5.21 Å². The maximum absolute atomic E-state index is 2.59. The Hall–Kier alpha value is 0.130. The van der Waals surface area contributed by atoms with Crippen LogP contribution in [0, 0.1) is 16.7 Å². The summed E-state index contributed by atoms with van der Waals surface area (Å²) in [6.07, 6.45) is 19.3. The van der Waals surface area contributed by atoms with E-state index in [1.807, 2.05) is 0 Å². The minimum Gasteiger partial charge on any atom is -0.0769 e. The molecule has 0 heterocycles. The number of hydrogen-bond donors (Lipinski definition) is 0. The maximum atomic E-state index is 2.59. The Bertz CT molecular complexity index is 330. The van der Waals surface area contributed by atoms with E-state index >= 15 is 0 Å². The Morgan fingerprint density at radius 2 is 1.50 bits per heavy atom. The van der Waals surface area contributed by atoms with Gasteiger partial charge in [-0.1, -0.05) is 77.4 Å². The summed E-state index contributed by atoms with van der Waals surface area (Å²) in [6, 6.07) is 0. The number of unbranched alkanes of at least 4 members (excludes halogenated alkanes) is 2. The van der Waals surface area contributed by atoms with E-state index in [0.717, 1.165) is 11.3 Å². The molecule has 22 heavy (non-hydrogen) atoms. The van der Waals surface area contributed by atoms with Crippen molar-refractivity contribution in [3.8, 4) is 0 Å². The van der Waals surface area contributed by atoms with Crippen LogP contribution >= 0.6 is 0 Å². The van der Waals surface area contributed by atoms with Crippen LogP contribution < -0.4 is 0 Å². The van der Waals surface area contributed by atoms with Crippen molar-refractivity contribution in [2.24, 2.45) is 16.7 Å². The van der Waals surface area contributed by atoms with Gasteiger partial charge in [0.15, 0.2) is 0 Å². The average Bonchev–Trinajstić information content (AvgIpc) is 2.48. The summed E-state index contributed by atoms with van der Waals surface area (Å²) < 4.78 is 0. The first-order valence-corrected chi connectivity index (χ1v) is 10.3. The Balaban J connectivity index is 1.93. The molecule has 0 saturated heterocycles. The van der Waals surface area contributed by atoms with Crippen molar-refractivity contribution >= 4 is 15.7 Å². The SMILES string of the molecule is BC(B)(C1CCC2(CCCCC2)CC1)C(C)(C)CCCCC. The summed E-state index contributed by atoms with van der Waals surface area (Å²) in [5, 5.41) is 0.497. The van der Waals surface area contributed by atoms with Crippen LogP contribution in [-0.2, 0) is 0 Å². The highest BCUT2D eigenvalue weighted by Crippen LogP contribution is 2.58. The largest absolute Gasteiger partial charge is 0.100 e. The number of hydrogen-bond acceptors (Lipinski definition) is 0. The van der Waals surface area contributed by atoms with E-state index in [1.54, 1.807) is 12.8 Å². The summed E-state index contributed by atoms with van der Waals surface area (Å²) in [6.45, 7) is 7.42. The van der Waals surface area contributed by atoms with Gasteiger partial charge in [0.2, 0.25) is 0 Å². The van der Waals surface area contributed by atoms with Gasteiger partial charge in [-0.25, -0.2) is 0 Å². The molecule has 0 N–H and O–H groups in total. The van der Waals surface area contributed by atoms with Crippen LogP contribution in [0.15, 0.2) is 0 Å². The van der Waals surface area contributed by atoms with E-state index in [2.05, 4.69) is 36.5 Å². The summed E-state index contributed by atoms with van der Waals surface area (Å²) >= 11 is 0. The fourth-order valence-electron chi connectivity index (χ4n) is 5.45. The molecule has 0 unspecified atom stereocenters. The predicted octanol–water partition coefficient (Wildman–Crippen LogP) is 5.12. The van der Waals surface area contributed by atoms with Crippen LogP contribution in [-0.4, -0.2) is 15.7 Å². The molecule has 2 aliphatic carbocycles. The molecule has 1 spiro atoms. The van der Waals surface area contributed by atoms with Gasteiger partial charge in [0.25, 0.3) is 0 Å². The first-order valence-electron chi connectivity index (χ1n) is 10.3. The van der Waals surface area contributed by atoms with Gasteiger partial charge in [-0.3, -0.25) is 0 Å². The summed E-state index contributed by atoms with van der Waals surface area (Å²) in [5.41, 5.74) is 1.26. The Kier molecular flexibility index (Phi) is 6.17. The van der Waals surface area contributed by atoms with Gasteiger partial charge in [0, 0.05) is 0 Å². The fourth-order valence-corrected chi connectivity index (χ4v) is 5.45. The highest BCUT2D eigenvalue weighted by atomic mass is 14.5. The van der Waals surface area contributed by atoms with Crippen molar-refractivity contribution in [1.29, 1.82) is 0 Å². The molecule has 2 rings (SSSR count). The first-order chi connectivity index (χ1) is 10.3. The minimum absolute atomic E-state index is 0.490. The molecule has 0 radical (unpaired) electrons. The van der Waals surface area contributed by atoms with Crippen molar-refractivity contribution < 1.29 is 0 Å². The van der Waals surface area contributed by atoms with Crippen LogP contribution in [0.4, 0.5) is 0 Å². The molecule has 0 amide bonds. The lowest BCUT2D eigenvalue weighted by molar-refractivity contribution is 0.0701. The molecular weight excluding hydrogens is 262 g/mol.